The standard InChI is InChI=1S/C10H13N5O2/c1-6-3-5-17-8(6)9(16)12-4-2-7-13-10(11)15-14-7/h3,5H,2,4H2,1H3,(H,12,16)(H3,11,13,14,15). The molecule has 0 saturated heterocycles. The molecule has 2 heterocycles. The van der Waals surface area contributed by atoms with Gasteiger partial charge in [-0.25, -0.2) is 0 Å². The quantitative estimate of drug-likeness (QED) is 0.704. The normalized spacial score (nSPS) is 10.4. The van der Waals surface area contributed by atoms with Crippen molar-refractivity contribution in [2.75, 3.05) is 12.3 Å². The van der Waals surface area contributed by atoms with Crippen molar-refractivity contribution in [2.45, 2.75) is 13.3 Å². The van der Waals surface area contributed by atoms with Gasteiger partial charge in [0, 0.05) is 18.5 Å². The molecule has 0 aliphatic rings. The van der Waals surface area contributed by atoms with E-state index in [2.05, 4.69) is 20.5 Å². The van der Waals surface area contributed by atoms with E-state index < -0.39 is 0 Å². The van der Waals surface area contributed by atoms with Gasteiger partial charge >= 0.3 is 0 Å². The SMILES string of the molecule is Cc1ccoc1C(=O)NCCc1nc(N)n[nH]1. The van der Waals surface area contributed by atoms with E-state index in [9.17, 15) is 4.79 Å². The average Bonchev–Trinajstić information content (AvgIpc) is 2.87. The number of aromatic nitrogens is 3. The predicted molar refractivity (Wildman–Crippen MR) is 60.3 cm³/mol. The van der Waals surface area contributed by atoms with Crippen LogP contribution >= 0.6 is 0 Å². The van der Waals surface area contributed by atoms with Gasteiger partial charge in [0.25, 0.3) is 5.91 Å². The molecule has 0 aliphatic heterocycles. The number of carbonyl (C=O) groups excluding carboxylic acids is 1. The number of aromatic amines is 1. The Hall–Kier alpha value is -2.31. The van der Waals surface area contributed by atoms with E-state index in [1.54, 1.807) is 6.07 Å². The topological polar surface area (TPSA) is 110 Å². The number of hydrogen-bond donors (Lipinski definition) is 3. The molecule has 0 atom stereocenters. The summed E-state index contributed by atoms with van der Waals surface area (Å²) in [6.45, 7) is 2.25. The van der Waals surface area contributed by atoms with Crippen molar-refractivity contribution in [2.24, 2.45) is 0 Å². The lowest BCUT2D eigenvalue weighted by Gasteiger charge is -2.01. The molecule has 0 saturated carbocycles. The number of H-pyrrole nitrogens is 1. The number of nitrogens with two attached hydrogens (primary N) is 1. The summed E-state index contributed by atoms with van der Waals surface area (Å²) in [6, 6.07) is 1.74. The molecule has 0 unspecified atom stereocenters. The highest BCUT2D eigenvalue weighted by atomic mass is 16.3. The highest BCUT2D eigenvalue weighted by molar-refractivity contribution is 5.92. The fraction of sp³-hybridized carbons (Fsp3) is 0.300. The maximum absolute atomic E-state index is 11.6. The van der Waals surface area contributed by atoms with Crippen molar-refractivity contribution < 1.29 is 9.21 Å². The molecule has 17 heavy (non-hydrogen) atoms. The molecule has 0 aliphatic carbocycles. The first-order chi connectivity index (χ1) is 8.16. The lowest BCUT2D eigenvalue weighted by molar-refractivity contribution is 0.0925. The van der Waals surface area contributed by atoms with E-state index in [1.807, 2.05) is 6.92 Å². The number of nitrogen functional groups attached to an aromatic ring is 1. The van der Waals surface area contributed by atoms with E-state index in [4.69, 9.17) is 10.2 Å². The first-order valence-electron chi connectivity index (χ1n) is 5.16. The molecular formula is C10H13N5O2. The third-order valence-corrected chi connectivity index (χ3v) is 2.26. The van der Waals surface area contributed by atoms with Gasteiger partial charge in [0.05, 0.1) is 6.26 Å². The van der Waals surface area contributed by atoms with Crippen LogP contribution in [0.4, 0.5) is 5.95 Å². The van der Waals surface area contributed by atoms with Gasteiger partial charge in [-0.1, -0.05) is 0 Å². The van der Waals surface area contributed by atoms with E-state index >= 15 is 0 Å². The lowest BCUT2D eigenvalue weighted by Crippen LogP contribution is -2.26. The smallest absolute Gasteiger partial charge is 0.287 e. The van der Waals surface area contributed by atoms with Gasteiger partial charge in [0.15, 0.2) is 5.76 Å². The first kappa shape index (κ1) is 11.2. The molecule has 2 aromatic heterocycles. The Morgan fingerprint density at radius 2 is 2.47 bits per heavy atom. The summed E-state index contributed by atoms with van der Waals surface area (Å²) in [6.07, 6.45) is 2.02. The van der Waals surface area contributed by atoms with Gasteiger partial charge in [0.1, 0.15) is 5.82 Å². The van der Waals surface area contributed by atoms with Crippen molar-refractivity contribution in [1.29, 1.82) is 0 Å². The number of rotatable bonds is 4. The van der Waals surface area contributed by atoms with Crippen molar-refractivity contribution in [3.8, 4) is 0 Å². The van der Waals surface area contributed by atoms with Gasteiger partial charge in [-0.15, -0.1) is 5.10 Å². The first-order valence-corrected chi connectivity index (χ1v) is 5.16. The molecule has 90 valence electrons. The molecule has 7 heteroatoms. The number of nitrogens with zero attached hydrogens (tertiary/aromatic N) is 2. The summed E-state index contributed by atoms with van der Waals surface area (Å²) in [5, 5.41) is 9.08. The zero-order valence-electron chi connectivity index (χ0n) is 9.36. The Morgan fingerprint density at radius 3 is 3.06 bits per heavy atom. The summed E-state index contributed by atoms with van der Waals surface area (Å²) in [4.78, 5) is 15.6. The van der Waals surface area contributed by atoms with Crippen LogP contribution < -0.4 is 11.1 Å². The lowest BCUT2D eigenvalue weighted by atomic mass is 10.2. The molecule has 0 aromatic carbocycles. The molecule has 4 N–H and O–H groups in total. The fourth-order valence-corrected chi connectivity index (χ4v) is 1.40. The molecule has 1 amide bonds. The van der Waals surface area contributed by atoms with Crippen LogP contribution in [0, 0.1) is 6.92 Å². The Bertz CT molecular complexity index is 516. The minimum absolute atomic E-state index is 0.202. The highest BCUT2D eigenvalue weighted by Crippen LogP contribution is 2.07. The summed E-state index contributed by atoms with van der Waals surface area (Å²) in [5.41, 5.74) is 6.16. The largest absolute Gasteiger partial charge is 0.459 e. The molecule has 0 spiro atoms. The maximum atomic E-state index is 11.6. The number of amides is 1. The van der Waals surface area contributed by atoms with E-state index in [1.165, 1.54) is 6.26 Å². The molecule has 0 bridgehead atoms. The molecular weight excluding hydrogens is 222 g/mol. The molecule has 2 rings (SSSR count). The van der Waals surface area contributed by atoms with Crippen molar-refractivity contribution >= 4 is 11.9 Å². The van der Waals surface area contributed by atoms with Crippen LogP contribution in [0.1, 0.15) is 21.9 Å². The Labute approximate surface area is 97.4 Å². The average molecular weight is 235 g/mol. The number of anilines is 1. The van der Waals surface area contributed by atoms with Gasteiger partial charge in [-0.3, -0.25) is 9.89 Å². The number of aryl methyl sites for hydroxylation is 1. The van der Waals surface area contributed by atoms with Crippen LogP contribution in [-0.2, 0) is 6.42 Å². The Balaban J connectivity index is 1.83. The highest BCUT2D eigenvalue weighted by Gasteiger charge is 2.11. The molecule has 0 radical (unpaired) electrons. The second kappa shape index (κ2) is 4.69. The number of hydrogen-bond acceptors (Lipinski definition) is 5. The second-order valence-electron chi connectivity index (χ2n) is 3.58. The summed E-state index contributed by atoms with van der Waals surface area (Å²) in [5.74, 6) is 0.939. The zero-order chi connectivity index (χ0) is 12.3. The Morgan fingerprint density at radius 1 is 1.65 bits per heavy atom. The molecule has 7 nitrogen and oxygen atoms in total. The van der Waals surface area contributed by atoms with Crippen LogP contribution in [-0.4, -0.2) is 27.6 Å². The van der Waals surface area contributed by atoms with E-state index in [0.717, 1.165) is 5.56 Å². The number of furan rings is 1. The van der Waals surface area contributed by atoms with Crippen LogP contribution in [0.25, 0.3) is 0 Å². The number of carbonyl (C=O) groups is 1. The van der Waals surface area contributed by atoms with E-state index in [-0.39, 0.29) is 11.9 Å². The molecule has 0 fully saturated rings. The van der Waals surface area contributed by atoms with Crippen LogP contribution in [0.5, 0.6) is 0 Å². The summed E-state index contributed by atoms with van der Waals surface area (Å²) < 4.78 is 5.07. The molecule has 2 aromatic rings. The third-order valence-electron chi connectivity index (χ3n) is 2.26. The zero-order valence-corrected chi connectivity index (χ0v) is 9.36. The van der Waals surface area contributed by atoms with Crippen LogP contribution in [0.3, 0.4) is 0 Å². The van der Waals surface area contributed by atoms with Crippen LogP contribution in [0.15, 0.2) is 16.7 Å². The van der Waals surface area contributed by atoms with Crippen molar-refractivity contribution in [1.82, 2.24) is 20.5 Å². The third kappa shape index (κ3) is 2.63. The van der Waals surface area contributed by atoms with Gasteiger partial charge in [-0.05, 0) is 13.0 Å². The van der Waals surface area contributed by atoms with Gasteiger partial charge in [0.2, 0.25) is 5.95 Å². The van der Waals surface area contributed by atoms with Crippen molar-refractivity contribution in [3.05, 3.63) is 29.5 Å². The number of nitrogens with one attached hydrogen (secondary N) is 2. The monoisotopic (exact) mass is 235 g/mol. The fourth-order valence-electron chi connectivity index (χ4n) is 1.40. The Kier molecular flexibility index (Phi) is 3.08. The second-order valence-corrected chi connectivity index (χ2v) is 3.58. The summed E-state index contributed by atoms with van der Waals surface area (Å²) >= 11 is 0. The van der Waals surface area contributed by atoms with Crippen LogP contribution in [0.2, 0.25) is 0 Å². The van der Waals surface area contributed by atoms with E-state index in [0.29, 0.717) is 24.6 Å². The van der Waals surface area contributed by atoms with Crippen molar-refractivity contribution in [3.63, 3.8) is 0 Å². The minimum atomic E-state index is -0.236. The van der Waals surface area contributed by atoms with Gasteiger partial charge < -0.3 is 15.5 Å². The summed E-state index contributed by atoms with van der Waals surface area (Å²) in [7, 11) is 0. The van der Waals surface area contributed by atoms with Gasteiger partial charge in [-0.2, -0.15) is 4.98 Å². The minimum Gasteiger partial charge on any atom is -0.459 e. The predicted octanol–water partition coefficient (Wildman–Crippen LogP) is 0.261. The maximum Gasteiger partial charge on any atom is 0.287 e.